The van der Waals surface area contributed by atoms with Crippen molar-refractivity contribution in [3.63, 3.8) is 0 Å². The molecule has 2 heterocycles. The topological polar surface area (TPSA) is 49.9 Å². The molecule has 0 aliphatic carbocycles. The van der Waals surface area contributed by atoms with E-state index in [4.69, 9.17) is 4.74 Å². The van der Waals surface area contributed by atoms with E-state index in [1.54, 1.807) is 0 Å². The largest absolute Gasteiger partial charge is 0.381 e. The molecule has 2 aliphatic rings. The first kappa shape index (κ1) is 16.3. The fraction of sp³-hybridized carbons (Fsp3) is 0.875. The zero-order chi connectivity index (χ0) is 15.2. The number of nitrogens with zero attached hydrogens (tertiary/aromatic N) is 2. The molecule has 0 aromatic heterocycles. The summed E-state index contributed by atoms with van der Waals surface area (Å²) in [4.78, 5) is 28.2. The fourth-order valence-corrected chi connectivity index (χ4v) is 3.47. The molecular formula is C16H28N2O3. The number of rotatable bonds is 4. The number of ether oxygens (including phenoxy) is 1. The van der Waals surface area contributed by atoms with Gasteiger partial charge in [-0.1, -0.05) is 13.8 Å². The normalized spacial score (nSPS) is 21.3. The predicted molar refractivity (Wildman–Crippen MR) is 80.9 cm³/mol. The van der Waals surface area contributed by atoms with E-state index in [0.29, 0.717) is 24.9 Å². The molecule has 0 aromatic carbocycles. The maximum absolute atomic E-state index is 12.4. The molecule has 120 valence electrons. The molecule has 0 N–H and O–H groups in total. The minimum Gasteiger partial charge on any atom is -0.381 e. The summed E-state index contributed by atoms with van der Waals surface area (Å²) in [6.07, 6.45) is 4.84. The van der Waals surface area contributed by atoms with Crippen LogP contribution in [0.25, 0.3) is 0 Å². The van der Waals surface area contributed by atoms with Crippen molar-refractivity contribution in [3.05, 3.63) is 0 Å². The Labute approximate surface area is 127 Å². The van der Waals surface area contributed by atoms with E-state index < -0.39 is 0 Å². The summed E-state index contributed by atoms with van der Waals surface area (Å²) in [5, 5.41) is 0. The van der Waals surface area contributed by atoms with Crippen molar-refractivity contribution < 1.29 is 14.3 Å². The molecule has 2 saturated heterocycles. The Morgan fingerprint density at radius 3 is 2.10 bits per heavy atom. The van der Waals surface area contributed by atoms with Crippen LogP contribution in [0, 0.1) is 0 Å². The molecular weight excluding hydrogens is 268 g/mol. The molecule has 21 heavy (non-hydrogen) atoms. The minimum atomic E-state index is 0.230. The summed E-state index contributed by atoms with van der Waals surface area (Å²) in [5.41, 5.74) is 0. The Morgan fingerprint density at radius 2 is 1.57 bits per heavy atom. The maximum Gasteiger partial charge on any atom is 0.222 e. The van der Waals surface area contributed by atoms with E-state index in [0.717, 1.165) is 52.0 Å². The van der Waals surface area contributed by atoms with Crippen molar-refractivity contribution in [3.8, 4) is 0 Å². The highest BCUT2D eigenvalue weighted by atomic mass is 16.5. The van der Waals surface area contributed by atoms with Crippen LogP contribution in [0.3, 0.4) is 0 Å². The lowest BCUT2D eigenvalue weighted by molar-refractivity contribution is -0.141. The molecule has 5 heteroatoms. The monoisotopic (exact) mass is 296 g/mol. The number of carbonyl (C=O) groups excluding carboxylic acids is 2. The SMILES string of the molecule is CCC(=O)N1CCC(N(C(=O)CC)C2CCOCC2)CC1. The van der Waals surface area contributed by atoms with Gasteiger partial charge in [0.25, 0.3) is 0 Å². The molecule has 0 aromatic rings. The number of likely N-dealkylation sites (tertiary alicyclic amines) is 1. The van der Waals surface area contributed by atoms with E-state index in [9.17, 15) is 9.59 Å². The maximum atomic E-state index is 12.4. The van der Waals surface area contributed by atoms with Gasteiger partial charge >= 0.3 is 0 Å². The van der Waals surface area contributed by atoms with Crippen molar-refractivity contribution in [1.29, 1.82) is 0 Å². The lowest BCUT2D eigenvalue weighted by atomic mass is 9.97. The van der Waals surface area contributed by atoms with Crippen LogP contribution in [0.4, 0.5) is 0 Å². The summed E-state index contributed by atoms with van der Waals surface area (Å²) < 4.78 is 5.42. The summed E-state index contributed by atoms with van der Waals surface area (Å²) in [5.74, 6) is 0.482. The number of amides is 2. The third-order valence-electron chi connectivity index (χ3n) is 4.69. The van der Waals surface area contributed by atoms with Crippen LogP contribution in [0.15, 0.2) is 0 Å². The van der Waals surface area contributed by atoms with Crippen molar-refractivity contribution >= 4 is 11.8 Å². The summed E-state index contributed by atoms with van der Waals surface area (Å²) in [6, 6.07) is 0.617. The van der Waals surface area contributed by atoms with Crippen LogP contribution in [-0.4, -0.2) is 60.0 Å². The van der Waals surface area contributed by atoms with E-state index in [1.807, 2.05) is 18.7 Å². The van der Waals surface area contributed by atoms with Crippen LogP contribution in [0.1, 0.15) is 52.4 Å². The molecule has 0 unspecified atom stereocenters. The van der Waals surface area contributed by atoms with Crippen molar-refractivity contribution in [2.75, 3.05) is 26.3 Å². The van der Waals surface area contributed by atoms with Gasteiger partial charge in [-0.15, -0.1) is 0 Å². The molecule has 0 saturated carbocycles. The lowest BCUT2D eigenvalue weighted by Crippen LogP contribution is -2.53. The molecule has 2 aliphatic heterocycles. The standard InChI is InChI=1S/C16H28N2O3/c1-3-15(19)17-9-5-13(6-10-17)18(16(20)4-2)14-7-11-21-12-8-14/h13-14H,3-12H2,1-2H3. The van der Waals surface area contributed by atoms with Crippen molar-refractivity contribution in [1.82, 2.24) is 9.80 Å². The van der Waals surface area contributed by atoms with Crippen molar-refractivity contribution in [2.45, 2.75) is 64.5 Å². The molecule has 5 nitrogen and oxygen atoms in total. The zero-order valence-electron chi connectivity index (χ0n) is 13.3. The van der Waals surface area contributed by atoms with Gasteiger partial charge in [0, 0.05) is 51.2 Å². The summed E-state index contributed by atoms with van der Waals surface area (Å²) >= 11 is 0. The highest BCUT2D eigenvalue weighted by Gasteiger charge is 2.33. The molecule has 0 radical (unpaired) electrons. The number of hydrogen-bond acceptors (Lipinski definition) is 3. The molecule has 0 atom stereocenters. The summed E-state index contributed by atoms with van der Waals surface area (Å²) in [7, 11) is 0. The van der Waals surface area contributed by atoms with Crippen LogP contribution in [0.5, 0.6) is 0 Å². The predicted octanol–water partition coefficient (Wildman–Crippen LogP) is 1.80. The van der Waals surface area contributed by atoms with Gasteiger partial charge in [0.05, 0.1) is 0 Å². The van der Waals surface area contributed by atoms with Gasteiger partial charge < -0.3 is 14.5 Å². The molecule has 2 fully saturated rings. The smallest absolute Gasteiger partial charge is 0.222 e. The van der Waals surface area contributed by atoms with Gasteiger partial charge in [-0.05, 0) is 25.7 Å². The van der Waals surface area contributed by atoms with Crippen LogP contribution in [0.2, 0.25) is 0 Å². The van der Waals surface area contributed by atoms with E-state index >= 15 is 0 Å². The zero-order valence-corrected chi connectivity index (χ0v) is 13.3. The highest BCUT2D eigenvalue weighted by molar-refractivity contribution is 5.77. The van der Waals surface area contributed by atoms with Crippen LogP contribution in [-0.2, 0) is 14.3 Å². The Hall–Kier alpha value is -1.10. The molecule has 2 rings (SSSR count). The Balaban J connectivity index is 1.98. The number of piperidine rings is 1. The number of carbonyl (C=O) groups is 2. The van der Waals surface area contributed by atoms with Crippen molar-refractivity contribution in [2.24, 2.45) is 0 Å². The fourth-order valence-electron chi connectivity index (χ4n) is 3.47. The van der Waals surface area contributed by atoms with E-state index in [1.165, 1.54) is 0 Å². The highest BCUT2D eigenvalue weighted by Crippen LogP contribution is 2.25. The molecule has 0 spiro atoms. The third-order valence-corrected chi connectivity index (χ3v) is 4.69. The van der Waals surface area contributed by atoms with Gasteiger partial charge in [-0.3, -0.25) is 9.59 Å². The van der Waals surface area contributed by atoms with Crippen LogP contribution >= 0.6 is 0 Å². The Bertz CT molecular complexity index is 359. The van der Waals surface area contributed by atoms with Gasteiger partial charge in [-0.25, -0.2) is 0 Å². The van der Waals surface area contributed by atoms with Crippen LogP contribution < -0.4 is 0 Å². The van der Waals surface area contributed by atoms with Gasteiger partial charge in [0.1, 0.15) is 0 Å². The first-order chi connectivity index (χ1) is 10.2. The molecule has 0 bridgehead atoms. The first-order valence-electron chi connectivity index (χ1n) is 8.34. The Morgan fingerprint density at radius 1 is 1.00 bits per heavy atom. The second-order valence-corrected chi connectivity index (χ2v) is 5.96. The van der Waals surface area contributed by atoms with E-state index in [-0.39, 0.29) is 11.8 Å². The second kappa shape index (κ2) is 7.78. The van der Waals surface area contributed by atoms with Gasteiger partial charge in [0.15, 0.2) is 0 Å². The average Bonchev–Trinajstić information content (AvgIpc) is 2.55. The van der Waals surface area contributed by atoms with Gasteiger partial charge in [0.2, 0.25) is 11.8 Å². The number of hydrogen-bond donors (Lipinski definition) is 0. The quantitative estimate of drug-likeness (QED) is 0.795. The lowest BCUT2D eigenvalue weighted by Gasteiger charge is -2.43. The second-order valence-electron chi connectivity index (χ2n) is 5.96. The minimum absolute atomic E-state index is 0.230. The Kier molecular flexibility index (Phi) is 6.03. The summed E-state index contributed by atoms with van der Waals surface area (Å²) in [6.45, 7) is 6.92. The molecule has 2 amide bonds. The third kappa shape index (κ3) is 3.96. The first-order valence-corrected chi connectivity index (χ1v) is 8.34. The average molecular weight is 296 g/mol. The van der Waals surface area contributed by atoms with Gasteiger partial charge in [-0.2, -0.15) is 0 Å². The van der Waals surface area contributed by atoms with E-state index in [2.05, 4.69) is 4.90 Å².